The molecule has 2 aliphatic heterocycles. The van der Waals surface area contributed by atoms with Gasteiger partial charge in [0.2, 0.25) is 17.7 Å². The molecule has 0 spiro atoms. The molecule has 2 aliphatic rings. The van der Waals surface area contributed by atoms with Gasteiger partial charge in [-0.3, -0.25) is 24.2 Å². The van der Waals surface area contributed by atoms with Crippen molar-refractivity contribution in [1.29, 1.82) is 0 Å². The lowest BCUT2D eigenvalue weighted by molar-refractivity contribution is -0.132. The van der Waals surface area contributed by atoms with Gasteiger partial charge in [0, 0.05) is 57.6 Å². The highest BCUT2D eigenvalue weighted by Gasteiger charge is 2.24. The molecule has 33 heavy (non-hydrogen) atoms. The fourth-order valence-corrected chi connectivity index (χ4v) is 4.96. The molecule has 0 radical (unpaired) electrons. The number of carbonyl (C=O) groups is 3. The number of benzene rings is 1. The van der Waals surface area contributed by atoms with Crippen molar-refractivity contribution >= 4 is 46.0 Å². The molecular weight excluding hydrogens is 438 g/mol. The van der Waals surface area contributed by atoms with E-state index in [4.69, 9.17) is 0 Å². The van der Waals surface area contributed by atoms with Crippen molar-refractivity contribution in [3.05, 3.63) is 47.5 Å². The summed E-state index contributed by atoms with van der Waals surface area (Å²) in [5.74, 6) is 0.00593. The van der Waals surface area contributed by atoms with Crippen LogP contribution in [0.15, 0.2) is 41.8 Å². The van der Waals surface area contributed by atoms with Crippen molar-refractivity contribution in [3.63, 3.8) is 0 Å². The van der Waals surface area contributed by atoms with Gasteiger partial charge in [-0.25, -0.2) is 4.98 Å². The summed E-state index contributed by atoms with van der Waals surface area (Å²) in [5.41, 5.74) is 1.40. The van der Waals surface area contributed by atoms with Crippen LogP contribution in [0.4, 0.5) is 10.8 Å². The van der Waals surface area contributed by atoms with Crippen molar-refractivity contribution in [2.45, 2.75) is 19.8 Å². The van der Waals surface area contributed by atoms with Crippen LogP contribution in [0.2, 0.25) is 0 Å². The number of aromatic nitrogens is 1. The minimum Gasteiger partial charge on any atom is -0.342 e. The molecule has 1 aromatic heterocycles. The molecule has 174 valence electrons. The van der Waals surface area contributed by atoms with Gasteiger partial charge in [-0.2, -0.15) is 0 Å². The summed E-state index contributed by atoms with van der Waals surface area (Å²) in [5, 5.41) is 2.40. The summed E-state index contributed by atoms with van der Waals surface area (Å²) in [7, 11) is 0. The van der Waals surface area contributed by atoms with Crippen LogP contribution in [-0.2, 0) is 14.4 Å². The zero-order valence-corrected chi connectivity index (χ0v) is 19.7. The molecule has 8 nitrogen and oxygen atoms in total. The molecule has 0 aliphatic carbocycles. The molecule has 0 saturated carbocycles. The largest absolute Gasteiger partial charge is 0.342 e. The van der Waals surface area contributed by atoms with E-state index >= 15 is 0 Å². The topological polar surface area (TPSA) is 77.1 Å². The van der Waals surface area contributed by atoms with Gasteiger partial charge < -0.3 is 9.80 Å². The fourth-order valence-electron chi connectivity index (χ4n) is 4.11. The van der Waals surface area contributed by atoms with Gasteiger partial charge in [0.1, 0.15) is 0 Å². The van der Waals surface area contributed by atoms with Crippen LogP contribution in [0.1, 0.15) is 25.5 Å². The second-order valence-corrected chi connectivity index (χ2v) is 9.10. The molecule has 2 saturated heterocycles. The van der Waals surface area contributed by atoms with Crippen LogP contribution in [0, 0.1) is 0 Å². The Hall–Kier alpha value is -3.04. The second-order valence-electron chi connectivity index (χ2n) is 8.27. The lowest BCUT2D eigenvalue weighted by Crippen LogP contribution is -2.51. The number of hydrogen-bond donors (Lipinski definition) is 0. The van der Waals surface area contributed by atoms with Crippen molar-refractivity contribution in [1.82, 2.24) is 19.7 Å². The molecular formula is C24H29N5O3S. The van der Waals surface area contributed by atoms with Gasteiger partial charge in [0.05, 0.1) is 17.9 Å². The second kappa shape index (κ2) is 10.7. The number of hydrogen-bond acceptors (Lipinski definition) is 6. The monoisotopic (exact) mass is 467 g/mol. The first kappa shape index (κ1) is 23.1. The Kier molecular flexibility index (Phi) is 7.51. The number of thiazole rings is 1. The summed E-state index contributed by atoms with van der Waals surface area (Å²) in [4.78, 5) is 49.1. The van der Waals surface area contributed by atoms with Gasteiger partial charge in [-0.1, -0.05) is 18.2 Å². The van der Waals surface area contributed by atoms with Gasteiger partial charge in [0.15, 0.2) is 5.13 Å². The lowest BCUT2D eigenvalue weighted by Gasteiger charge is -2.34. The number of amides is 3. The Bertz CT molecular complexity index is 1010. The predicted molar refractivity (Wildman–Crippen MR) is 129 cm³/mol. The summed E-state index contributed by atoms with van der Waals surface area (Å²) >= 11 is 1.36. The average molecular weight is 468 g/mol. The zero-order valence-electron chi connectivity index (χ0n) is 18.9. The number of para-hydroxylation sites is 1. The molecule has 2 aromatic rings. The molecule has 0 unspecified atom stereocenters. The molecule has 0 N–H and O–H groups in total. The van der Waals surface area contributed by atoms with Crippen molar-refractivity contribution < 1.29 is 14.4 Å². The number of nitrogens with zero attached hydrogens (tertiary/aromatic N) is 5. The molecule has 0 atom stereocenters. The van der Waals surface area contributed by atoms with E-state index in [0.29, 0.717) is 43.5 Å². The van der Waals surface area contributed by atoms with Crippen LogP contribution in [0.25, 0.3) is 6.08 Å². The van der Waals surface area contributed by atoms with E-state index in [1.165, 1.54) is 24.3 Å². The van der Waals surface area contributed by atoms with Gasteiger partial charge in [-0.05, 0) is 31.1 Å². The molecule has 3 amide bonds. The number of rotatable bonds is 6. The number of carbonyl (C=O) groups excluding carboxylic acids is 3. The van der Waals surface area contributed by atoms with Crippen molar-refractivity contribution in [2.75, 3.05) is 50.7 Å². The highest BCUT2D eigenvalue weighted by molar-refractivity contribution is 7.14. The molecule has 3 heterocycles. The minimum absolute atomic E-state index is 0.0680. The molecule has 0 bridgehead atoms. The van der Waals surface area contributed by atoms with Crippen LogP contribution in [-0.4, -0.2) is 83.2 Å². The Morgan fingerprint density at radius 1 is 1.00 bits per heavy atom. The third-order valence-electron chi connectivity index (χ3n) is 5.93. The van der Waals surface area contributed by atoms with Crippen molar-refractivity contribution in [2.24, 2.45) is 0 Å². The third kappa shape index (κ3) is 5.85. The first-order valence-electron chi connectivity index (χ1n) is 11.3. The standard InChI is InChI=1S/C24H29N5O3S/c1-19(30)29(21-7-3-2-4-8-21)24-25-20(18-33-24)9-10-22(31)28-15-13-26(14-16-28)17-23(32)27-11-5-6-12-27/h2-4,7-10,18H,5-6,11-17H2,1H3. The smallest absolute Gasteiger partial charge is 0.246 e. The van der Waals surface area contributed by atoms with E-state index in [-0.39, 0.29) is 17.7 Å². The Morgan fingerprint density at radius 3 is 2.36 bits per heavy atom. The van der Waals surface area contributed by atoms with Crippen LogP contribution >= 0.6 is 11.3 Å². The van der Waals surface area contributed by atoms with Crippen LogP contribution in [0.3, 0.4) is 0 Å². The normalized spacial score (nSPS) is 17.0. The van der Waals surface area contributed by atoms with Crippen LogP contribution < -0.4 is 4.90 Å². The molecule has 9 heteroatoms. The predicted octanol–water partition coefficient (Wildman–Crippen LogP) is 2.61. The van der Waals surface area contributed by atoms with E-state index in [1.807, 2.05) is 40.6 Å². The zero-order chi connectivity index (χ0) is 23.2. The van der Waals surface area contributed by atoms with Crippen LogP contribution in [0.5, 0.6) is 0 Å². The number of anilines is 2. The molecule has 1 aromatic carbocycles. The maximum absolute atomic E-state index is 12.6. The summed E-state index contributed by atoms with van der Waals surface area (Å²) in [6.45, 7) is 6.29. The van der Waals surface area contributed by atoms with E-state index in [0.717, 1.165) is 31.6 Å². The fraction of sp³-hybridized carbons (Fsp3) is 0.417. The SMILES string of the molecule is CC(=O)N(c1ccccc1)c1nc(C=CC(=O)N2CCN(CC(=O)N3CCCC3)CC2)cs1. The number of likely N-dealkylation sites (tertiary alicyclic amines) is 1. The maximum atomic E-state index is 12.6. The number of piperazine rings is 1. The van der Waals surface area contributed by atoms with E-state index < -0.39 is 0 Å². The van der Waals surface area contributed by atoms with E-state index in [9.17, 15) is 14.4 Å². The van der Waals surface area contributed by atoms with E-state index in [2.05, 4.69) is 9.88 Å². The highest BCUT2D eigenvalue weighted by Crippen LogP contribution is 2.29. The summed E-state index contributed by atoms with van der Waals surface area (Å²) < 4.78 is 0. The summed E-state index contributed by atoms with van der Waals surface area (Å²) in [6, 6.07) is 9.37. The quantitative estimate of drug-likeness (QED) is 0.611. The maximum Gasteiger partial charge on any atom is 0.246 e. The highest BCUT2D eigenvalue weighted by atomic mass is 32.1. The average Bonchev–Trinajstić information content (AvgIpc) is 3.51. The third-order valence-corrected chi connectivity index (χ3v) is 6.77. The first-order chi connectivity index (χ1) is 16.0. The molecule has 2 fully saturated rings. The Labute approximate surface area is 198 Å². The van der Waals surface area contributed by atoms with E-state index in [1.54, 1.807) is 15.9 Å². The van der Waals surface area contributed by atoms with Gasteiger partial charge >= 0.3 is 0 Å². The van der Waals surface area contributed by atoms with Gasteiger partial charge in [0.25, 0.3) is 0 Å². The van der Waals surface area contributed by atoms with Gasteiger partial charge in [-0.15, -0.1) is 11.3 Å². The van der Waals surface area contributed by atoms with Crippen molar-refractivity contribution in [3.8, 4) is 0 Å². The molecule has 4 rings (SSSR count). The Morgan fingerprint density at radius 2 is 1.70 bits per heavy atom. The first-order valence-corrected chi connectivity index (χ1v) is 12.2. The summed E-state index contributed by atoms with van der Waals surface area (Å²) in [6.07, 6.45) is 5.42. The minimum atomic E-state index is -0.122. The Balaban J connectivity index is 1.30. The lowest BCUT2D eigenvalue weighted by atomic mass is 10.3.